The number of aliphatic hydroxyl groups is 1. The third-order valence-corrected chi connectivity index (χ3v) is 7.18. The van der Waals surface area contributed by atoms with Crippen LogP contribution in [0.1, 0.15) is 35.6 Å². The quantitative estimate of drug-likeness (QED) is 0.462. The Morgan fingerprint density at radius 3 is 2.63 bits per heavy atom. The number of hydrogen-bond acceptors (Lipinski definition) is 6. The van der Waals surface area contributed by atoms with E-state index in [4.69, 9.17) is 14.5 Å². The summed E-state index contributed by atoms with van der Waals surface area (Å²) in [5, 5.41) is 10.4. The lowest BCUT2D eigenvalue weighted by Gasteiger charge is -2.34. The third kappa shape index (κ3) is 3.09. The normalized spacial score (nSPS) is 23.7. The van der Waals surface area contributed by atoms with Crippen LogP contribution >= 0.6 is 0 Å². The molecular weight excluding hydrogens is 461 g/mol. The summed E-state index contributed by atoms with van der Waals surface area (Å²) in [5.74, 6) is 1.16. The molecule has 35 heavy (non-hydrogen) atoms. The average Bonchev–Trinajstić information content (AvgIpc) is 3.43. The Morgan fingerprint density at radius 2 is 1.91 bits per heavy atom. The number of imidazole rings is 1. The van der Waals surface area contributed by atoms with Crippen molar-refractivity contribution in [2.45, 2.75) is 30.6 Å². The highest BCUT2D eigenvalue weighted by molar-refractivity contribution is 5.84. The van der Waals surface area contributed by atoms with Crippen LogP contribution < -0.4 is 4.74 Å². The highest BCUT2D eigenvalue weighted by Gasteiger charge is 2.55. The molecule has 2 fully saturated rings. The van der Waals surface area contributed by atoms with E-state index in [2.05, 4.69) is 9.97 Å². The fourth-order valence-electron chi connectivity index (χ4n) is 5.39. The van der Waals surface area contributed by atoms with Crippen molar-refractivity contribution in [3.63, 3.8) is 0 Å². The minimum absolute atomic E-state index is 0.120. The molecule has 3 atom stereocenters. The first-order valence-corrected chi connectivity index (χ1v) is 11.3. The summed E-state index contributed by atoms with van der Waals surface area (Å²) in [5.41, 5.74) is 1.40. The average molecular weight is 480 g/mol. The number of benzene rings is 2. The zero-order valence-corrected chi connectivity index (χ0v) is 18.2. The van der Waals surface area contributed by atoms with Crippen molar-refractivity contribution in [2.24, 2.45) is 5.92 Å². The summed E-state index contributed by atoms with van der Waals surface area (Å²) in [6, 6.07) is 9.65. The molecule has 0 amide bonds. The van der Waals surface area contributed by atoms with Crippen LogP contribution in [0.5, 0.6) is 5.75 Å². The Balaban J connectivity index is 1.33. The Bertz CT molecular complexity index is 1470. The van der Waals surface area contributed by atoms with E-state index in [1.807, 2.05) is 4.57 Å². The lowest BCUT2D eigenvalue weighted by molar-refractivity contribution is -0.189. The van der Waals surface area contributed by atoms with Crippen molar-refractivity contribution in [3.8, 4) is 16.9 Å². The van der Waals surface area contributed by atoms with E-state index in [-0.39, 0.29) is 42.7 Å². The summed E-state index contributed by atoms with van der Waals surface area (Å²) in [6.45, 7) is -2.69. The molecule has 2 aromatic heterocycles. The van der Waals surface area contributed by atoms with E-state index < -0.39 is 18.0 Å². The third-order valence-electron chi connectivity index (χ3n) is 7.18. The van der Waals surface area contributed by atoms with Crippen molar-refractivity contribution < 1.29 is 27.8 Å². The minimum Gasteiger partial charge on any atom is -0.434 e. The predicted octanol–water partition coefficient (Wildman–Crippen LogP) is 4.16. The van der Waals surface area contributed by atoms with Gasteiger partial charge in [0.25, 0.3) is 0 Å². The van der Waals surface area contributed by atoms with Crippen LogP contribution in [0, 0.1) is 11.7 Å². The van der Waals surface area contributed by atoms with E-state index in [1.165, 1.54) is 18.5 Å². The van der Waals surface area contributed by atoms with Gasteiger partial charge in [0.2, 0.25) is 0 Å². The molecule has 4 heterocycles. The maximum atomic E-state index is 15.1. The van der Waals surface area contributed by atoms with Gasteiger partial charge in [-0.15, -0.1) is 0 Å². The first kappa shape index (κ1) is 20.8. The molecule has 7 nitrogen and oxygen atoms in total. The number of rotatable bonds is 5. The fraction of sp³-hybridized carbons (Fsp3) is 0.320. The number of alkyl halides is 2. The summed E-state index contributed by atoms with van der Waals surface area (Å²) >= 11 is 0. The number of hydrogen-bond donors (Lipinski definition) is 1. The number of aromatic nitrogens is 4. The van der Waals surface area contributed by atoms with Crippen LogP contribution in [0.4, 0.5) is 13.2 Å². The Labute approximate surface area is 197 Å². The van der Waals surface area contributed by atoms with Gasteiger partial charge in [0, 0.05) is 41.1 Å². The van der Waals surface area contributed by atoms with Gasteiger partial charge in [0.1, 0.15) is 17.4 Å². The van der Waals surface area contributed by atoms with Crippen molar-refractivity contribution in [3.05, 3.63) is 71.8 Å². The molecule has 1 saturated carbocycles. The molecule has 0 unspecified atom stereocenters. The van der Waals surface area contributed by atoms with Gasteiger partial charge < -0.3 is 19.1 Å². The predicted molar refractivity (Wildman–Crippen MR) is 117 cm³/mol. The van der Waals surface area contributed by atoms with E-state index >= 15 is 4.39 Å². The summed E-state index contributed by atoms with van der Waals surface area (Å²) in [6.07, 6.45) is 3.85. The molecule has 2 aromatic carbocycles. The molecule has 2 aliphatic heterocycles. The highest BCUT2D eigenvalue weighted by Crippen LogP contribution is 2.63. The first-order chi connectivity index (χ1) is 16.9. The first-order valence-electron chi connectivity index (χ1n) is 11.3. The van der Waals surface area contributed by atoms with Gasteiger partial charge in [-0.1, -0.05) is 18.2 Å². The van der Waals surface area contributed by atoms with Gasteiger partial charge in [-0.05, 0) is 24.5 Å². The van der Waals surface area contributed by atoms with Crippen LogP contribution in [0.2, 0.25) is 0 Å². The zero-order chi connectivity index (χ0) is 23.9. The Kier molecular flexibility index (Phi) is 4.32. The number of para-hydroxylation sites is 1. The van der Waals surface area contributed by atoms with Gasteiger partial charge in [-0.25, -0.2) is 19.3 Å². The molecule has 0 radical (unpaired) electrons. The molecule has 10 heteroatoms. The Hall–Kier alpha value is -3.50. The zero-order valence-electron chi connectivity index (χ0n) is 18.2. The lowest BCUT2D eigenvalue weighted by Crippen LogP contribution is -2.47. The van der Waals surface area contributed by atoms with Crippen LogP contribution in [-0.2, 0) is 10.3 Å². The highest BCUT2D eigenvalue weighted by atomic mass is 19.3. The van der Waals surface area contributed by atoms with E-state index in [9.17, 15) is 13.9 Å². The van der Waals surface area contributed by atoms with Gasteiger partial charge in [-0.2, -0.15) is 8.78 Å². The second kappa shape index (κ2) is 7.25. The molecular formula is C25H19F3N4O3. The monoisotopic (exact) mass is 480 g/mol. The van der Waals surface area contributed by atoms with E-state index in [1.54, 1.807) is 30.3 Å². The van der Waals surface area contributed by atoms with Gasteiger partial charge >= 0.3 is 6.61 Å². The molecule has 7 rings (SSSR count). The largest absolute Gasteiger partial charge is 0.434 e. The summed E-state index contributed by atoms with van der Waals surface area (Å²) < 4.78 is 53.2. The SMILES string of the molecule is OC1(c2ncc(-c3cc4c(cc3F)nc3n4[C@@H](c4ccccc4OC(F)F)[C@H]4C[C@@H]34)cn2)COC1. The van der Waals surface area contributed by atoms with Crippen molar-refractivity contribution in [1.82, 2.24) is 19.5 Å². The van der Waals surface area contributed by atoms with Crippen LogP contribution in [-0.4, -0.2) is 44.5 Å². The van der Waals surface area contributed by atoms with E-state index in [0.717, 1.165) is 12.2 Å². The molecule has 178 valence electrons. The molecule has 3 aliphatic rings. The molecule has 0 bridgehead atoms. The van der Waals surface area contributed by atoms with Crippen LogP contribution in [0.25, 0.3) is 22.2 Å². The standard InChI is InChI=1S/C25H19F3N4O3/c26-17-7-18-19(6-14(17)12-8-29-23(30-9-12)25(33)10-34-11-25)32-21(15-5-16(15)22(32)31-18)13-3-1-2-4-20(13)35-24(27)28/h1-4,6-9,15-16,21,24,33H,5,10-11H2/t15-,16+,21-/m0/s1. The molecule has 1 saturated heterocycles. The topological polar surface area (TPSA) is 82.3 Å². The molecule has 1 N–H and O–H groups in total. The van der Waals surface area contributed by atoms with E-state index in [0.29, 0.717) is 27.7 Å². The van der Waals surface area contributed by atoms with Crippen molar-refractivity contribution in [2.75, 3.05) is 13.2 Å². The van der Waals surface area contributed by atoms with Gasteiger partial charge in [0.15, 0.2) is 11.4 Å². The van der Waals surface area contributed by atoms with Crippen molar-refractivity contribution in [1.29, 1.82) is 0 Å². The second-order valence-electron chi connectivity index (χ2n) is 9.35. The number of nitrogens with zero attached hydrogens (tertiary/aromatic N) is 4. The van der Waals surface area contributed by atoms with Gasteiger partial charge in [0.05, 0.1) is 30.3 Å². The smallest absolute Gasteiger partial charge is 0.387 e. The number of fused-ring (bicyclic) bond motifs is 5. The second-order valence-corrected chi connectivity index (χ2v) is 9.35. The van der Waals surface area contributed by atoms with Gasteiger partial charge in [-0.3, -0.25) is 0 Å². The molecule has 4 aromatic rings. The fourth-order valence-corrected chi connectivity index (χ4v) is 5.39. The number of ether oxygens (including phenoxy) is 2. The van der Waals surface area contributed by atoms with Crippen LogP contribution in [0.3, 0.4) is 0 Å². The summed E-state index contributed by atoms with van der Waals surface area (Å²) in [7, 11) is 0. The lowest BCUT2D eigenvalue weighted by atomic mass is 10.0. The molecule has 1 aliphatic carbocycles. The molecule has 0 spiro atoms. The number of halogens is 3. The minimum atomic E-state index is -2.93. The maximum Gasteiger partial charge on any atom is 0.387 e. The van der Waals surface area contributed by atoms with Crippen molar-refractivity contribution >= 4 is 11.0 Å². The summed E-state index contributed by atoms with van der Waals surface area (Å²) in [4.78, 5) is 13.2. The van der Waals surface area contributed by atoms with Crippen LogP contribution in [0.15, 0.2) is 48.8 Å². The Morgan fingerprint density at radius 1 is 1.14 bits per heavy atom. The maximum absolute atomic E-state index is 15.1.